The zero-order valence-corrected chi connectivity index (χ0v) is 11.2. The minimum absolute atomic E-state index is 0.0802. The number of aromatic nitrogens is 2. The summed E-state index contributed by atoms with van der Waals surface area (Å²) in [6.07, 6.45) is 1.59. The van der Waals surface area contributed by atoms with Crippen molar-refractivity contribution in [2.45, 2.75) is 24.3 Å². The molecule has 0 bridgehead atoms. The van der Waals surface area contributed by atoms with Gasteiger partial charge < -0.3 is 10.7 Å². The van der Waals surface area contributed by atoms with Crippen molar-refractivity contribution >= 4 is 10.0 Å². The average Bonchev–Trinajstić information content (AvgIpc) is 2.78. The number of sulfonamides is 1. The van der Waals surface area contributed by atoms with E-state index in [1.165, 1.54) is 4.31 Å². The monoisotopic (exact) mass is 288 g/mol. The molecule has 8 nitrogen and oxygen atoms in total. The van der Waals surface area contributed by atoms with Gasteiger partial charge in [0.15, 0.2) is 4.90 Å². The quantitative estimate of drug-likeness (QED) is 0.618. The fourth-order valence-electron chi connectivity index (χ4n) is 2.13. The first-order chi connectivity index (χ1) is 8.82. The molecule has 0 radical (unpaired) electrons. The third-order valence-corrected chi connectivity index (χ3v) is 5.20. The highest BCUT2D eigenvalue weighted by atomic mass is 32.2. The highest BCUT2D eigenvalue weighted by molar-refractivity contribution is 7.89. The fraction of sp³-hybridized carbons (Fsp3) is 0.600. The van der Waals surface area contributed by atoms with E-state index in [-0.39, 0.29) is 12.0 Å². The summed E-state index contributed by atoms with van der Waals surface area (Å²) in [7, 11) is -3.89. The van der Waals surface area contributed by atoms with Crippen LogP contribution in [0.1, 0.15) is 13.3 Å². The van der Waals surface area contributed by atoms with Gasteiger partial charge in [-0.1, -0.05) is 0 Å². The minimum Gasteiger partial charge on any atom is -0.328 e. The Kier molecular flexibility index (Phi) is 3.61. The van der Waals surface area contributed by atoms with Crippen molar-refractivity contribution in [3.8, 4) is 0 Å². The normalized spacial score (nSPS) is 22.5. The van der Waals surface area contributed by atoms with Crippen LogP contribution in [0.3, 0.4) is 0 Å². The van der Waals surface area contributed by atoms with E-state index < -0.39 is 26.2 Å². The molecule has 2 unspecified atom stereocenters. The van der Waals surface area contributed by atoms with E-state index >= 15 is 0 Å². The number of nitrogens with one attached hydrogen (secondary N) is 2. The average molecular weight is 288 g/mol. The Balaban J connectivity index is 2.34. The Hall–Kier alpha value is -1.45. The van der Waals surface area contributed by atoms with E-state index in [2.05, 4.69) is 4.98 Å². The number of H-pyrrole nitrogens is 2. The molecule has 4 N–H and O–H groups in total. The van der Waals surface area contributed by atoms with Crippen LogP contribution < -0.4 is 17.0 Å². The van der Waals surface area contributed by atoms with E-state index in [0.717, 1.165) is 6.20 Å². The SMILES string of the molecule is CC(N)C1CCN(S(=O)(=O)c2c[nH]c(=O)[nH]c2=O)C1. The molecule has 0 aliphatic carbocycles. The van der Waals surface area contributed by atoms with Crippen LogP contribution in [-0.4, -0.2) is 41.8 Å². The van der Waals surface area contributed by atoms with Crippen molar-refractivity contribution in [3.05, 3.63) is 27.0 Å². The number of hydrogen-bond donors (Lipinski definition) is 3. The van der Waals surface area contributed by atoms with Gasteiger partial charge in [0, 0.05) is 25.3 Å². The van der Waals surface area contributed by atoms with E-state index in [1.807, 2.05) is 11.9 Å². The molecule has 106 valence electrons. The summed E-state index contributed by atoms with van der Waals surface area (Å²) in [5.74, 6) is 0.0802. The van der Waals surface area contributed by atoms with Gasteiger partial charge in [0.25, 0.3) is 5.56 Å². The van der Waals surface area contributed by atoms with Gasteiger partial charge in [0.2, 0.25) is 10.0 Å². The lowest BCUT2D eigenvalue weighted by Crippen LogP contribution is -2.37. The second-order valence-electron chi connectivity index (χ2n) is 4.71. The molecule has 1 aliphatic rings. The van der Waals surface area contributed by atoms with E-state index in [1.54, 1.807) is 0 Å². The van der Waals surface area contributed by atoms with E-state index in [4.69, 9.17) is 5.73 Å². The van der Waals surface area contributed by atoms with Crippen LogP contribution >= 0.6 is 0 Å². The molecule has 2 rings (SSSR count). The molecular weight excluding hydrogens is 272 g/mol. The topological polar surface area (TPSA) is 129 Å². The summed E-state index contributed by atoms with van der Waals surface area (Å²) in [5.41, 5.74) is 4.11. The zero-order chi connectivity index (χ0) is 14.2. The van der Waals surface area contributed by atoms with Gasteiger partial charge in [-0.25, -0.2) is 13.2 Å². The summed E-state index contributed by atoms with van der Waals surface area (Å²) in [4.78, 5) is 26.1. The lowest BCUT2D eigenvalue weighted by atomic mass is 10.0. The zero-order valence-electron chi connectivity index (χ0n) is 10.4. The molecule has 9 heteroatoms. The van der Waals surface area contributed by atoms with Crippen molar-refractivity contribution in [3.63, 3.8) is 0 Å². The third-order valence-electron chi connectivity index (χ3n) is 3.33. The van der Waals surface area contributed by atoms with Crippen molar-refractivity contribution in [1.29, 1.82) is 0 Å². The van der Waals surface area contributed by atoms with Crippen molar-refractivity contribution in [2.75, 3.05) is 13.1 Å². The van der Waals surface area contributed by atoms with Crippen LogP contribution in [0.5, 0.6) is 0 Å². The molecule has 0 amide bonds. The first-order valence-electron chi connectivity index (χ1n) is 5.90. The van der Waals surface area contributed by atoms with Gasteiger partial charge in [-0.3, -0.25) is 9.78 Å². The van der Waals surface area contributed by atoms with Crippen LogP contribution in [0.15, 0.2) is 20.7 Å². The summed E-state index contributed by atoms with van der Waals surface area (Å²) in [6.45, 7) is 2.44. The molecule has 0 saturated carbocycles. The first-order valence-corrected chi connectivity index (χ1v) is 7.34. The molecule has 0 aromatic carbocycles. The summed E-state index contributed by atoms with van der Waals surface area (Å²) in [6, 6.07) is -0.103. The minimum atomic E-state index is -3.89. The molecule has 1 fully saturated rings. The van der Waals surface area contributed by atoms with Gasteiger partial charge in [-0.2, -0.15) is 4.31 Å². The van der Waals surface area contributed by atoms with E-state index in [0.29, 0.717) is 19.5 Å². The van der Waals surface area contributed by atoms with Crippen LogP contribution in [0, 0.1) is 5.92 Å². The van der Waals surface area contributed by atoms with Crippen LogP contribution in [0.2, 0.25) is 0 Å². The second-order valence-corrected chi connectivity index (χ2v) is 6.61. The molecule has 2 atom stereocenters. The van der Waals surface area contributed by atoms with Crippen molar-refractivity contribution in [2.24, 2.45) is 11.7 Å². The van der Waals surface area contributed by atoms with Gasteiger partial charge in [0.05, 0.1) is 0 Å². The molecule has 1 saturated heterocycles. The third kappa shape index (κ3) is 2.62. The summed E-state index contributed by atoms with van der Waals surface area (Å²) >= 11 is 0. The summed E-state index contributed by atoms with van der Waals surface area (Å²) < 4.78 is 25.8. The Labute approximate surface area is 109 Å². The summed E-state index contributed by atoms with van der Waals surface area (Å²) in [5, 5.41) is 0. The number of hydrogen-bond acceptors (Lipinski definition) is 5. The second kappa shape index (κ2) is 4.91. The molecule has 19 heavy (non-hydrogen) atoms. The lowest BCUT2D eigenvalue weighted by Gasteiger charge is -2.17. The van der Waals surface area contributed by atoms with Gasteiger partial charge in [0.1, 0.15) is 0 Å². The maximum atomic E-state index is 12.3. The predicted molar refractivity (Wildman–Crippen MR) is 68.2 cm³/mol. The number of nitrogens with two attached hydrogens (primary N) is 1. The van der Waals surface area contributed by atoms with Crippen LogP contribution in [0.25, 0.3) is 0 Å². The van der Waals surface area contributed by atoms with E-state index in [9.17, 15) is 18.0 Å². The van der Waals surface area contributed by atoms with Crippen molar-refractivity contribution in [1.82, 2.24) is 14.3 Å². The highest BCUT2D eigenvalue weighted by Gasteiger charge is 2.35. The smallest absolute Gasteiger partial charge is 0.325 e. The number of nitrogens with zero attached hydrogens (tertiary/aromatic N) is 1. The molecule has 1 aromatic rings. The molecular formula is C10H16N4O4S. The molecule has 1 aliphatic heterocycles. The largest absolute Gasteiger partial charge is 0.328 e. The first kappa shape index (κ1) is 14.0. The number of rotatable bonds is 3. The molecule has 2 heterocycles. The van der Waals surface area contributed by atoms with Crippen LogP contribution in [-0.2, 0) is 10.0 Å². The maximum Gasteiger partial charge on any atom is 0.325 e. The maximum absolute atomic E-state index is 12.3. The Morgan fingerprint density at radius 1 is 1.47 bits per heavy atom. The Morgan fingerprint density at radius 3 is 2.68 bits per heavy atom. The highest BCUT2D eigenvalue weighted by Crippen LogP contribution is 2.23. The Bertz CT molecular complexity index is 675. The molecule has 0 spiro atoms. The van der Waals surface area contributed by atoms with Gasteiger partial charge in [-0.05, 0) is 19.3 Å². The van der Waals surface area contributed by atoms with Gasteiger partial charge in [-0.15, -0.1) is 0 Å². The van der Waals surface area contributed by atoms with Crippen LogP contribution in [0.4, 0.5) is 0 Å². The fourth-order valence-corrected chi connectivity index (χ4v) is 3.63. The standard InChI is InChI=1S/C10H16N4O4S/c1-6(11)7-2-3-14(5-7)19(17,18)8-4-12-10(16)13-9(8)15/h4,6-7H,2-3,5,11H2,1H3,(H2,12,13,15,16). The van der Waals surface area contributed by atoms with Gasteiger partial charge >= 0.3 is 5.69 Å². The Morgan fingerprint density at radius 2 is 2.16 bits per heavy atom. The number of aromatic amines is 2. The molecule has 1 aromatic heterocycles. The lowest BCUT2D eigenvalue weighted by molar-refractivity contribution is 0.428. The van der Waals surface area contributed by atoms with Crippen molar-refractivity contribution < 1.29 is 8.42 Å². The predicted octanol–water partition coefficient (Wildman–Crippen LogP) is -1.58.